The smallest absolute Gasteiger partial charge is 0.328 e. The van der Waals surface area contributed by atoms with Gasteiger partial charge in [0.1, 0.15) is 11.9 Å². The van der Waals surface area contributed by atoms with Crippen LogP contribution in [0.5, 0.6) is 0 Å². The van der Waals surface area contributed by atoms with Crippen LogP contribution < -0.4 is 16.4 Å². The lowest BCUT2D eigenvalue weighted by molar-refractivity contribution is -0.148. The molecule has 1 rings (SSSR count). The van der Waals surface area contributed by atoms with Crippen molar-refractivity contribution in [3.63, 3.8) is 0 Å². The highest BCUT2D eigenvalue weighted by Crippen LogP contribution is 2.08. The minimum Gasteiger partial charge on any atom is -0.454 e. The van der Waals surface area contributed by atoms with Crippen molar-refractivity contribution in [3.05, 3.63) is 30.1 Å². The van der Waals surface area contributed by atoms with Crippen LogP contribution in [-0.2, 0) is 14.3 Å². The number of rotatable bonds is 5. The Morgan fingerprint density at radius 1 is 1.40 bits per heavy atom. The summed E-state index contributed by atoms with van der Waals surface area (Å²) in [5, 5.41) is 4.46. The molecule has 0 saturated heterocycles. The van der Waals surface area contributed by atoms with Crippen LogP contribution in [0.2, 0.25) is 0 Å². The Kier molecular flexibility index (Phi) is 5.45. The molecule has 0 aromatic heterocycles. The van der Waals surface area contributed by atoms with Crippen molar-refractivity contribution < 1.29 is 23.5 Å². The zero-order valence-corrected chi connectivity index (χ0v) is 10.7. The van der Waals surface area contributed by atoms with E-state index < -0.39 is 36.4 Å². The Balaban J connectivity index is 2.40. The number of carbonyl (C=O) groups is 3. The number of nitrogens with one attached hydrogen (secondary N) is 2. The molecule has 0 spiro atoms. The minimum atomic E-state index is -0.963. The van der Waals surface area contributed by atoms with E-state index in [1.54, 1.807) is 0 Å². The molecule has 1 atom stereocenters. The molecule has 0 aliphatic rings. The van der Waals surface area contributed by atoms with Crippen LogP contribution in [0.15, 0.2) is 24.3 Å². The number of hydrogen-bond donors (Lipinski definition) is 3. The molecule has 0 radical (unpaired) electrons. The summed E-state index contributed by atoms with van der Waals surface area (Å²) in [5.41, 5.74) is 5.08. The first-order chi connectivity index (χ1) is 9.38. The molecule has 7 nitrogen and oxygen atoms in total. The standard InChI is InChI=1S/C12H14FN3O4/c1-7(15-12(14)19)11(18)20-6-10(17)16-9-4-2-3-8(13)5-9/h2-5,7H,6H2,1H3,(H,16,17)(H3,14,15,19)/t7-/m1/s1. The lowest BCUT2D eigenvalue weighted by Crippen LogP contribution is -2.43. The predicted octanol–water partition coefficient (Wildman–Crippen LogP) is 0.364. The Hall–Kier alpha value is -2.64. The van der Waals surface area contributed by atoms with E-state index in [1.807, 2.05) is 0 Å². The quantitative estimate of drug-likeness (QED) is 0.678. The largest absolute Gasteiger partial charge is 0.454 e. The first-order valence-corrected chi connectivity index (χ1v) is 5.66. The van der Waals surface area contributed by atoms with Crippen molar-refractivity contribution in [1.29, 1.82) is 0 Å². The summed E-state index contributed by atoms with van der Waals surface area (Å²) in [4.78, 5) is 33.3. The van der Waals surface area contributed by atoms with Crippen LogP contribution in [0.3, 0.4) is 0 Å². The van der Waals surface area contributed by atoms with Crippen LogP contribution in [0.4, 0.5) is 14.9 Å². The zero-order chi connectivity index (χ0) is 15.1. The summed E-state index contributed by atoms with van der Waals surface area (Å²) in [6.07, 6.45) is 0. The lowest BCUT2D eigenvalue weighted by atomic mass is 10.3. The number of anilines is 1. The number of primary amides is 1. The van der Waals surface area contributed by atoms with Gasteiger partial charge < -0.3 is 21.1 Å². The van der Waals surface area contributed by atoms with Crippen LogP contribution in [0.25, 0.3) is 0 Å². The second kappa shape index (κ2) is 7.07. The van der Waals surface area contributed by atoms with E-state index >= 15 is 0 Å². The van der Waals surface area contributed by atoms with E-state index in [9.17, 15) is 18.8 Å². The molecule has 0 aliphatic heterocycles. The molecule has 8 heteroatoms. The molecule has 3 amide bonds. The van der Waals surface area contributed by atoms with Crippen molar-refractivity contribution in [2.75, 3.05) is 11.9 Å². The van der Waals surface area contributed by atoms with E-state index in [-0.39, 0.29) is 5.69 Å². The molecule has 0 fully saturated rings. The van der Waals surface area contributed by atoms with E-state index in [4.69, 9.17) is 5.73 Å². The van der Waals surface area contributed by atoms with Crippen LogP contribution >= 0.6 is 0 Å². The Bertz CT molecular complexity index is 521. The van der Waals surface area contributed by atoms with Gasteiger partial charge >= 0.3 is 12.0 Å². The Morgan fingerprint density at radius 2 is 2.10 bits per heavy atom. The number of esters is 1. The van der Waals surface area contributed by atoms with Crippen molar-refractivity contribution in [3.8, 4) is 0 Å². The topological polar surface area (TPSA) is 111 Å². The van der Waals surface area contributed by atoms with E-state index in [0.717, 1.165) is 6.07 Å². The molecule has 4 N–H and O–H groups in total. The van der Waals surface area contributed by atoms with Gasteiger partial charge in [-0.1, -0.05) is 6.07 Å². The number of hydrogen-bond acceptors (Lipinski definition) is 4. The van der Waals surface area contributed by atoms with Gasteiger partial charge in [0, 0.05) is 5.69 Å². The van der Waals surface area contributed by atoms with Crippen molar-refractivity contribution in [2.45, 2.75) is 13.0 Å². The van der Waals surface area contributed by atoms with Gasteiger partial charge in [-0.05, 0) is 25.1 Å². The fraction of sp³-hybridized carbons (Fsp3) is 0.250. The fourth-order valence-corrected chi connectivity index (χ4v) is 1.30. The number of halogens is 1. The van der Waals surface area contributed by atoms with Crippen molar-refractivity contribution >= 4 is 23.6 Å². The maximum absolute atomic E-state index is 12.9. The zero-order valence-electron chi connectivity index (χ0n) is 10.7. The number of benzene rings is 1. The number of carbonyl (C=O) groups excluding carboxylic acids is 3. The highest BCUT2D eigenvalue weighted by atomic mass is 19.1. The molecule has 1 aromatic rings. The fourth-order valence-electron chi connectivity index (χ4n) is 1.30. The molecular formula is C12H14FN3O4. The second-order valence-electron chi connectivity index (χ2n) is 3.90. The van der Waals surface area contributed by atoms with Crippen LogP contribution in [0, 0.1) is 5.82 Å². The average Bonchev–Trinajstić information content (AvgIpc) is 2.35. The Morgan fingerprint density at radius 3 is 2.70 bits per heavy atom. The van der Waals surface area contributed by atoms with Gasteiger partial charge in [0.05, 0.1) is 0 Å². The number of ether oxygens (including phenoxy) is 1. The minimum absolute atomic E-state index is 0.245. The lowest BCUT2D eigenvalue weighted by Gasteiger charge is -2.11. The van der Waals surface area contributed by atoms with Gasteiger partial charge in [0.2, 0.25) is 0 Å². The Labute approximate surface area is 114 Å². The number of urea groups is 1. The maximum atomic E-state index is 12.9. The average molecular weight is 283 g/mol. The molecule has 0 heterocycles. The van der Waals surface area contributed by atoms with Gasteiger partial charge in [-0.3, -0.25) is 4.79 Å². The van der Waals surface area contributed by atoms with Gasteiger partial charge in [0.25, 0.3) is 5.91 Å². The molecule has 0 saturated carbocycles. The first-order valence-electron chi connectivity index (χ1n) is 5.66. The molecule has 108 valence electrons. The first kappa shape index (κ1) is 15.4. The van der Waals surface area contributed by atoms with Crippen LogP contribution in [0.1, 0.15) is 6.92 Å². The predicted molar refractivity (Wildman–Crippen MR) is 68.2 cm³/mol. The molecule has 1 aromatic carbocycles. The van der Waals surface area contributed by atoms with Gasteiger partial charge in [-0.25, -0.2) is 14.0 Å². The van der Waals surface area contributed by atoms with Gasteiger partial charge in [-0.15, -0.1) is 0 Å². The second-order valence-corrected chi connectivity index (χ2v) is 3.90. The normalized spacial score (nSPS) is 11.3. The molecule has 0 bridgehead atoms. The maximum Gasteiger partial charge on any atom is 0.328 e. The highest BCUT2D eigenvalue weighted by Gasteiger charge is 2.16. The monoisotopic (exact) mass is 283 g/mol. The van der Waals surface area contributed by atoms with E-state index in [0.29, 0.717) is 0 Å². The third-order valence-corrected chi connectivity index (χ3v) is 2.17. The molecular weight excluding hydrogens is 269 g/mol. The summed E-state index contributed by atoms with van der Waals surface area (Å²) in [6, 6.07) is 3.42. The third-order valence-electron chi connectivity index (χ3n) is 2.17. The van der Waals surface area contributed by atoms with Crippen molar-refractivity contribution in [2.24, 2.45) is 5.73 Å². The summed E-state index contributed by atoms with van der Waals surface area (Å²) < 4.78 is 17.5. The highest BCUT2D eigenvalue weighted by molar-refractivity contribution is 5.93. The summed E-state index contributed by atoms with van der Waals surface area (Å²) in [5.74, 6) is -1.94. The third kappa shape index (κ3) is 5.34. The number of nitrogens with two attached hydrogens (primary N) is 1. The van der Waals surface area contributed by atoms with E-state index in [2.05, 4.69) is 15.4 Å². The molecule has 0 aliphatic carbocycles. The SMILES string of the molecule is C[C@@H](NC(N)=O)C(=O)OCC(=O)Nc1cccc(F)c1. The van der Waals surface area contributed by atoms with Gasteiger partial charge in [-0.2, -0.15) is 0 Å². The summed E-state index contributed by atoms with van der Waals surface area (Å²) in [7, 11) is 0. The van der Waals surface area contributed by atoms with E-state index in [1.165, 1.54) is 25.1 Å². The molecule has 20 heavy (non-hydrogen) atoms. The van der Waals surface area contributed by atoms with Gasteiger partial charge in [0.15, 0.2) is 6.61 Å². The van der Waals surface area contributed by atoms with Crippen molar-refractivity contribution in [1.82, 2.24) is 5.32 Å². The van der Waals surface area contributed by atoms with Crippen LogP contribution in [-0.4, -0.2) is 30.6 Å². The summed E-state index contributed by atoms with van der Waals surface area (Å²) >= 11 is 0. The summed E-state index contributed by atoms with van der Waals surface area (Å²) in [6.45, 7) is 0.803. The number of amides is 3. The molecule has 0 unspecified atom stereocenters.